The largest absolute Gasteiger partial charge is 0.497 e. The first-order valence-corrected chi connectivity index (χ1v) is 10.5. The Labute approximate surface area is 188 Å². The van der Waals surface area contributed by atoms with Crippen molar-refractivity contribution in [2.75, 3.05) is 59.5 Å². The van der Waals surface area contributed by atoms with E-state index in [4.69, 9.17) is 23.4 Å². The molecule has 170 valence electrons. The molecule has 1 fully saturated rings. The van der Waals surface area contributed by atoms with Crippen molar-refractivity contribution in [1.82, 2.24) is 9.88 Å². The minimum Gasteiger partial charge on any atom is -0.497 e. The predicted octanol–water partition coefficient (Wildman–Crippen LogP) is 3.70. The van der Waals surface area contributed by atoms with Crippen molar-refractivity contribution in [2.24, 2.45) is 0 Å². The standard InChI is InChI=1S/C24H29N3O5/c1-28-20-7-5-19(6-8-20)27-11-9-26(10-12-27)15-18-16-32-24(25-18)17-13-21(29-2)23(31-4)22(14-17)30-3/h5-8,13-14,16H,9-12,15H2,1-4H3. The summed E-state index contributed by atoms with van der Waals surface area (Å²) in [5.74, 6) is 3.07. The molecule has 0 saturated carbocycles. The third-order valence-corrected chi connectivity index (χ3v) is 5.66. The minimum absolute atomic E-state index is 0.524. The van der Waals surface area contributed by atoms with Gasteiger partial charge in [-0.1, -0.05) is 0 Å². The molecular formula is C24H29N3O5. The smallest absolute Gasteiger partial charge is 0.226 e. The maximum absolute atomic E-state index is 5.77. The molecule has 2 heterocycles. The highest BCUT2D eigenvalue weighted by molar-refractivity contribution is 5.66. The summed E-state index contributed by atoms with van der Waals surface area (Å²) in [4.78, 5) is 9.46. The zero-order valence-electron chi connectivity index (χ0n) is 19.0. The molecule has 1 aromatic heterocycles. The third kappa shape index (κ3) is 4.60. The molecule has 0 unspecified atom stereocenters. The van der Waals surface area contributed by atoms with Gasteiger partial charge in [0.1, 0.15) is 12.0 Å². The highest BCUT2D eigenvalue weighted by Crippen LogP contribution is 2.41. The van der Waals surface area contributed by atoms with E-state index in [0.717, 1.165) is 49.7 Å². The summed E-state index contributed by atoms with van der Waals surface area (Å²) >= 11 is 0. The molecule has 2 aromatic carbocycles. The van der Waals surface area contributed by atoms with Crippen LogP contribution in [0.15, 0.2) is 47.1 Å². The SMILES string of the molecule is COc1ccc(N2CCN(Cc3coc(-c4cc(OC)c(OC)c(OC)c4)n3)CC2)cc1. The number of benzene rings is 2. The lowest BCUT2D eigenvalue weighted by Gasteiger charge is -2.35. The lowest BCUT2D eigenvalue weighted by atomic mass is 10.2. The molecule has 0 amide bonds. The number of anilines is 1. The lowest BCUT2D eigenvalue weighted by molar-refractivity contribution is 0.247. The van der Waals surface area contributed by atoms with E-state index in [1.807, 2.05) is 24.3 Å². The normalized spacial score (nSPS) is 14.3. The first kappa shape index (κ1) is 21.8. The maximum atomic E-state index is 5.77. The molecule has 0 atom stereocenters. The van der Waals surface area contributed by atoms with E-state index in [1.54, 1.807) is 34.7 Å². The Morgan fingerprint density at radius 3 is 2.06 bits per heavy atom. The van der Waals surface area contributed by atoms with Crippen molar-refractivity contribution in [1.29, 1.82) is 0 Å². The Hall–Kier alpha value is -3.39. The van der Waals surface area contributed by atoms with Gasteiger partial charge in [-0.15, -0.1) is 0 Å². The molecule has 4 rings (SSSR count). The summed E-state index contributed by atoms with van der Waals surface area (Å²) < 4.78 is 27.3. The van der Waals surface area contributed by atoms with Gasteiger partial charge in [-0.25, -0.2) is 4.98 Å². The summed E-state index contributed by atoms with van der Waals surface area (Å²) in [7, 11) is 6.45. The highest BCUT2D eigenvalue weighted by Gasteiger charge is 2.20. The van der Waals surface area contributed by atoms with Gasteiger partial charge in [-0.2, -0.15) is 0 Å². The van der Waals surface area contributed by atoms with Crippen LogP contribution in [0.2, 0.25) is 0 Å². The van der Waals surface area contributed by atoms with Crippen molar-refractivity contribution in [3.05, 3.63) is 48.4 Å². The lowest BCUT2D eigenvalue weighted by Crippen LogP contribution is -2.46. The number of aromatic nitrogens is 1. The third-order valence-electron chi connectivity index (χ3n) is 5.66. The topological polar surface area (TPSA) is 69.4 Å². The van der Waals surface area contributed by atoms with Gasteiger partial charge in [0.15, 0.2) is 11.5 Å². The van der Waals surface area contributed by atoms with E-state index in [9.17, 15) is 0 Å². The molecule has 0 spiro atoms. The van der Waals surface area contributed by atoms with Gasteiger partial charge < -0.3 is 28.3 Å². The molecule has 0 aliphatic carbocycles. The fourth-order valence-corrected chi connectivity index (χ4v) is 3.90. The molecule has 8 nitrogen and oxygen atoms in total. The Morgan fingerprint density at radius 1 is 0.844 bits per heavy atom. The van der Waals surface area contributed by atoms with Gasteiger partial charge in [-0.3, -0.25) is 4.90 Å². The number of rotatable bonds is 8. The van der Waals surface area contributed by atoms with Crippen LogP contribution >= 0.6 is 0 Å². The Morgan fingerprint density at radius 2 is 1.50 bits per heavy atom. The summed E-state index contributed by atoms with van der Waals surface area (Å²) in [5, 5.41) is 0. The minimum atomic E-state index is 0.524. The fraction of sp³-hybridized carbons (Fsp3) is 0.375. The van der Waals surface area contributed by atoms with Crippen LogP contribution in [0.1, 0.15) is 5.69 Å². The molecular weight excluding hydrogens is 410 g/mol. The van der Waals surface area contributed by atoms with Crippen molar-refractivity contribution in [3.63, 3.8) is 0 Å². The molecule has 0 radical (unpaired) electrons. The van der Waals surface area contributed by atoms with Crippen molar-refractivity contribution in [3.8, 4) is 34.5 Å². The van der Waals surface area contributed by atoms with Crippen LogP contribution in [0.25, 0.3) is 11.5 Å². The quantitative estimate of drug-likeness (QED) is 0.526. The molecule has 0 N–H and O–H groups in total. The van der Waals surface area contributed by atoms with Crippen LogP contribution in [0.4, 0.5) is 5.69 Å². The second-order valence-corrected chi connectivity index (χ2v) is 7.52. The number of hydrogen-bond acceptors (Lipinski definition) is 8. The zero-order chi connectivity index (χ0) is 22.5. The van der Waals surface area contributed by atoms with Crippen molar-refractivity contribution < 1.29 is 23.4 Å². The molecule has 32 heavy (non-hydrogen) atoms. The second kappa shape index (κ2) is 9.82. The molecule has 1 aliphatic heterocycles. The fourth-order valence-electron chi connectivity index (χ4n) is 3.90. The van der Waals surface area contributed by atoms with Crippen LogP contribution in [-0.4, -0.2) is 64.5 Å². The summed E-state index contributed by atoms with van der Waals surface area (Å²) in [6, 6.07) is 11.9. The first-order chi connectivity index (χ1) is 15.6. The van der Waals surface area contributed by atoms with E-state index in [2.05, 4.69) is 26.9 Å². The summed E-state index contributed by atoms with van der Waals surface area (Å²) in [5.41, 5.74) is 2.89. The summed E-state index contributed by atoms with van der Waals surface area (Å²) in [6.45, 7) is 4.58. The van der Waals surface area contributed by atoms with E-state index in [-0.39, 0.29) is 0 Å². The van der Waals surface area contributed by atoms with Crippen LogP contribution in [0.3, 0.4) is 0 Å². The van der Waals surface area contributed by atoms with Crippen LogP contribution < -0.4 is 23.8 Å². The Balaban J connectivity index is 1.40. The molecule has 1 saturated heterocycles. The van der Waals surface area contributed by atoms with Gasteiger partial charge in [0.05, 0.1) is 34.1 Å². The van der Waals surface area contributed by atoms with Crippen LogP contribution in [0.5, 0.6) is 23.0 Å². The van der Waals surface area contributed by atoms with Crippen LogP contribution in [-0.2, 0) is 6.54 Å². The highest BCUT2D eigenvalue weighted by atomic mass is 16.5. The Bertz CT molecular complexity index is 1000. The van der Waals surface area contributed by atoms with E-state index in [0.29, 0.717) is 23.1 Å². The predicted molar refractivity (Wildman–Crippen MR) is 122 cm³/mol. The Kier molecular flexibility index (Phi) is 6.70. The van der Waals surface area contributed by atoms with Gasteiger partial charge in [0.25, 0.3) is 0 Å². The number of oxazole rings is 1. The monoisotopic (exact) mass is 439 g/mol. The number of piperazine rings is 1. The maximum Gasteiger partial charge on any atom is 0.226 e. The average Bonchev–Trinajstić information content (AvgIpc) is 3.32. The summed E-state index contributed by atoms with van der Waals surface area (Å²) in [6.07, 6.45) is 1.72. The van der Waals surface area contributed by atoms with E-state index >= 15 is 0 Å². The second-order valence-electron chi connectivity index (χ2n) is 7.52. The average molecular weight is 440 g/mol. The van der Waals surface area contributed by atoms with E-state index < -0.39 is 0 Å². The molecule has 0 bridgehead atoms. The zero-order valence-corrected chi connectivity index (χ0v) is 19.0. The molecule has 1 aliphatic rings. The van der Waals surface area contributed by atoms with Gasteiger partial charge in [-0.05, 0) is 36.4 Å². The number of methoxy groups -OCH3 is 4. The van der Waals surface area contributed by atoms with E-state index in [1.165, 1.54) is 5.69 Å². The van der Waals surface area contributed by atoms with Gasteiger partial charge >= 0.3 is 0 Å². The first-order valence-electron chi connectivity index (χ1n) is 10.5. The number of ether oxygens (including phenoxy) is 4. The van der Waals surface area contributed by atoms with Crippen molar-refractivity contribution in [2.45, 2.75) is 6.54 Å². The van der Waals surface area contributed by atoms with Gasteiger partial charge in [0, 0.05) is 44.0 Å². The molecule has 3 aromatic rings. The number of nitrogens with zero attached hydrogens (tertiary/aromatic N) is 3. The van der Waals surface area contributed by atoms with Crippen LogP contribution in [0, 0.1) is 0 Å². The van der Waals surface area contributed by atoms with Crippen molar-refractivity contribution >= 4 is 5.69 Å². The number of hydrogen-bond donors (Lipinski definition) is 0. The molecule has 8 heteroatoms. The van der Waals surface area contributed by atoms with Gasteiger partial charge in [0.2, 0.25) is 11.6 Å².